The van der Waals surface area contributed by atoms with Crippen molar-refractivity contribution in [3.63, 3.8) is 0 Å². The Labute approximate surface area is 168 Å². The van der Waals surface area contributed by atoms with Crippen molar-refractivity contribution in [2.45, 2.75) is 32.7 Å². The van der Waals surface area contributed by atoms with Crippen LogP contribution in [0.4, 0.5) is 5.69 Å². The smallest absolute Gasteiger partial charge is 0.191 e. The van der Waals surface area contributed by atoms with E-state index in [4.69, 9.17) is 4.74 Å². The Morgan fingerprint density at radius 3 is 2.64 bits per heavy atom. The molecule has 25 heavy (non-hydrogen) atoms. The molecule has 2 aliphatic heterocycles. The van der Waals surface area contributed by atoms with Gasteiger partial charge in [0.1, 0.15) is 0 Å². The molecular weight excluding hydrogens is 427 g/mol. The van der Waals surface area contributed by atoms with E-state index < -0.39 is 0 Å². The molecule has 2 fully saturated rings. The summed E-state index contributed by atoms with van der Waals surface area (Å²) in [4.78, 5) is 6.83. The molecular formula is C19H31IN4O. The van der Waals surface area contributed by atoms with E-state index in [0.29, 0.717) is 0 Å². The predicted octanol–water partition coefficient (Wildman–Crippen LogP) is 3.17. The maximum Gasteiger partial charge on any atom is 0.191 e. The minimum absolute atomic E-state index is 0. The maximum atomic E-state index is 5.31. The Hall–Kier alpha value is -1.02. The van der Waals surface area contributed by atoms with Crippen LogP contribution in [0.5, 0.6) is 0 Å². The highest BCUT2D eigenvalue weighted by molar-refractivity contribution is 14.0. The van der Waals surface area contributed by atoms with E-state index in [1.54, 1.807) is 0 Å². The lowest BCUT2D eigenvalue weighted by Gasteiger charge is -2.38. The molecule has 3 rings (SSSR count). The summed E-state index contributed by atoms with van der Waals surface area (Å²) in [6, 6.07) is 9.07. The van der Waals surface area contributed by atoms with Crippen LogP contribution >= 0.6 is 24.0 Å². The summed E-state index contributed by atoms with van der Waals surface area (Å²) in [5.41, 5.74) is 2.86. The summed E-state index contributed by atoms with van der Waals surface area (Å²) in [7, 11) is 1.82. The molecule has 2 heterocycles. The van der Waals surface area contributed by atoms with Crippen molar-refractivity contribution < 1.29 is 4.74 Å². The Morgan fingerprint density at radius 2 is 2.04 bits per heavy atom. The van der Waals surface area contributed by atoms with Crippen LogP contribution in [0.15, 0.2) is 29.3 Å². The summed E-state index contributed by atoms with van der Waals surface area (Å²) < 4.78 is 5.31. The molecule has 1 atom stereocenters. The second kappa shape index (κ2) is 9.07. The van der Waals surface area contributed by atoms with Gasteiger partial charge in [0.15, 0.2) is 5.96 Å². The van der Waals surface area contributed by atoms with Crippen molar-refractivity contribution in [1.82, 2.24) is 10.6 Å². The van der Waals surface area contributed by atoms with Gasteiger partial charge in [-0.15, -0.1) is 24.0 Å². The van der Waals surface area contributed by atoms with Crippen LogP contribution in [-0.2, 0) is 4.74 Å². The van der Waals surface area contributed by atoms with Gasteiger partial charge in [0.05, 0.1) is 19.3 Å². The third-order valence-corrected chi connectivity index (χ3v) is 5.00. The monoisotopic (exact) mass is 458 g/mol. The third-order valence-electron chi connectivity index (χ3n) is 5.00. The van der Waals surface area contributed by atoms with Crippen LogP contribution in [-0.4, -0.2) is 45.9 Å². The van der Waals surface area contributed by atoms with Gasteiger partial charge in [0, 0.05) is 37.8 Å². The molecule has 1 aromatic carbocycles. The van der Waals surface area contributed by atoms with Crippen molar-refractivity contribution in [2.24, 2.45) is 10.4 Å². The molecule has 0 aliphatic carbocycles. The average molecular weight is 458 g/mol. The van der Waals surface area contributed by atoms with Crippen molar-refractivity contribution in [3.8, 4) is 0 Å². The summed E-state index contributed by atoms with van der Waals surface area (Å²) in [5.74, 6) is 0.849. The lowest BCUT2D eigenvalue weighted by molar-refractivity contribution is -0.0971. The van der Waals surface area contributed by atoms with Gasteiger partial charge in [-0.2, -0.15) is 0 Å². The zero-order valence-electron chi connectivity index (χ0n) is 15.5. The molecule has 140 valence electrons. The van der Waals surface area contributed by atoms with Gasteiger partial charge < -0.3 is 20.3 Å². The molecule has 0 radical (unpaired) electrons. The van der Waals surface area contributed by atoms with Gasteiger partial charge in [0.2, 0.25) is 0 Å². The molecule has 1 aromatic rings. The van der Waals surface area contributed by atoms with Gasteiger partial charge >= 0.3 is 0 Å². The topological polar surface area (TPSA) is 48.9 Å². The number of nitrogens with one attached hydrogen (secondary N) is 2. The first-order valence-electron chi connectivity index (χ1n) is 8.99. The second-order valence-electron chi connectivity index (χ2n) is 7.38. The molecule has 5 nitrogen and oxygen atoms in total. The second-order valence-corrected chi connectivity index (χ2v) is 7.38. The highest BCUT2D eigenvalue weighted by Gasteiger charge is 2.33. The van der Waals surface area contributed by atoms with Crippen LogP contribution in [0, 0.1) is 5.41 Å². The SMILES string of the molecule is CN=C(NCC1(C)COC1)NC(C)c1cccc(N2CCCC2)c1.I. The highest BCUT2D eigenvalue weighted by atomic mass is 127. The molecule has 0 bridgehead atoms. The zero-order chi connectivity index (χ0) is 17.0. The fraction of sp³-hybridized carbons (Fsp3) is 0.632. The Morgan fingerprint density at radius 1 is 1.32 bits per heavy atom. The zero-order valence-corrected chi connectivity index (χ0v) is 17.9. The Bertz CT molecular complexity index is 583. The standard InChI is InChI=1S/C19H30N4O.HI/c1-15(22-18(20-3)21-12-19(2)13-24-14-19)16-7-6-8-17(11-16)23-9-4-5-10-23;/h6-8,11,15H,4-5,9-10,12-14H2,1-3H3,(H2,20,21,22);1H. The van der Waals surface area contributed by atoms with Crippen molar-refractivity contribution in [3.05, 3.63) is 29.8 Å². The molecule has 2 aliphatic rings. The quantitative estimate of drug-likeness (QED) is 0.405. The number of halogens is 1. The first-order chi connectivity index (χ1) is 11.6. The summed E-state index contributed by atoms with van der Waals surface area (Å²) in [6.45, 7) is 9.30. The van der Waals surface area contributed by atoms with Crippen LogP contribution < -0.4 is 15.5 Å². The first-order valence-corrected chi connectivity index (χ1v) is 8.99. The number of anilines is 1. The average Bonchev–Trinajstić information content (AvgIpc) is 3.11. The highest BCUT2D eigenvalue weighted by Crippen LogP contribution is 2.25. The Kier molecular flexibility index (Phi) is 7.37. The summed E-state index contributed by atoms with van der Waals surface area (Å²) in [6.07, 6.45) is 2.61. The summed E-state index contributed by atoms with van der Waals surface area (Å²) >= 11 is 0. The maximum absolute atomic E-state index is 5.31. The number of ether oxygens (including phenoxy) is 1. The molecule has 1 unspecified atom stereocenters. The van der Waals surface area contributed by atoms with E-state index in [-0.39, 0.29) is 35.4 Å². The number of rotatable bonds is 5. The van der Waals surface area contributed by atoms with Gasteiger partial charge in [-0.3, -0.25) is 4.99 Å². The molecule has 6 heteroatoms. The predicted molar refractivity (Wildman–Crippen MR) is 115 cm³/mol. The molecule has 2 saturated heterocycles. The number of hydrogen-bond donors (Lipinski definition) is 2. The van der Waals surface area contributed by atoms with Gasteiger partial charge in [0.25, 0.3) is 0 Å². The fourth-order valence-electron chi connectivity index (χ4n) is 3.30. The number of nitrogens with zero attached hydrogens (tertiary/aromatic N) is 2. The lowest BCUT2D eigenvalue weighted by atomic mass is 9.89. The first kappa shape index (κ1) is 20.3. The molecule has 0 amide bonds. The number of benzene rings is 1. The number of hydrogen-bond acceptors (Lipinski definition) is 3. The molecule has 0 aromatic heterocycles. The van der Waals surface area contributed by atoms with E-state index in [9.17, 15) is 0 Å². The number of guanidine groups is 1. The van der Waals surface area contributed by atoms with Crippen LogP contribution in [0.3, 0.4) is 0 Å². The normalized spacial score (nSPS) is 20.4. The van der Waals surface area contributed by atoms with E-state index >= 15 is 0 Å². The molecule has 2 N–H and O–H groups in total. The summed E-state index contributed by atoms with van der Waals surface area (Å²) in [5, 5.41) is 6.93. The minimum atomic E-state index is 0. The van der Waals surface area contributed by atoms with Gasteiger partial charge in [-0.1, -0.05) is 19.1 Å². The van der Waals surface area contributed by atoms with Crippen LogP contribution in [0.1, 0.15) is 38.3 Å². The van der Waals surface area contributed by atoms with Crippen LogP contribution in [0.2, 0.25) is 0 Å². The van der Waals surface area contributed by atoms with E-state index in [2.05, 4.69) is 58.6 Å². The molecule has 0 spiro atoms. The van der Waals surface area contributed by atoms with Gasteiger partial charge in [-0.25, -0.2) is 0 Å². The minimum Gasteiger partial charge on any atom is -0.380 e. The van der Waals surface area contributed by atoms with E-state index in [0.717, 1.165) is 25.7 Å². The van der Waals surface area contributed by atoms with Crippen molar-refractivity contribution in [2.75, 3.05) is 44.8 Å². The number of aliphatic imine (C=N–C) groups is 1. The largest absolute Gasteiger partial charge is 0.380 e. The Balaban J connectivity index is 0.00000225. The van der Waals surface area contributed by atoms with E-state index in [1.165, 1.54) is 37.2 Å². The third kappa shape index (κ3) is 5.23. The van der Waals surface area contributed by atoms with Crippen molar-refractivity contribution >= 4 is 35.6 Å². The molecule has 0 saturated carbocycles. The lowest BCUT2D eigenvalue weighted by Crippen LogP contribution is -2.51. The van der Waals surface area contributed by atoms with Gasteiger partial charge in [-0.05, 0) is 37.5 Å². The van der Waals surface area contributed by atoms with Crippen LogP contribution in [0.25, 0.3) is 0 Å². The van der Waals surface area contributed by atoms with E-state index in [1.807, 2.05) is 7.05 Å². The van der Waals surface area contributed by atoms with Crippen molar-refractivity contribution in [1.29, 1.82) is 0 Å². The fourth-order valence-corrected chi connectivity index (χ4v) is 3.30.